The van der Waals surface area contributed by atoms with E-state index in [0.29, 0.717) is 18.7 Å². The SMILES string of the molecule is COc1ccc(CNC(=O)c2ccc(OC[C@@H]3CCCO3)cc2)cc1. The average molecular weight is 341 g/mol. The number of carbonyl (C=O) groups excluding carboxylic acids is 1. The normalized spacial score (nSPS) is 16.4. The second-order valence-electron chi connectivity index (χ2n) is 6.00. The van der Waals surface area contributed by atoms with Crippen LogP contribution < -0.4 is 14.8 Å². The number of hydrogen-bond donors (Lipinski definition) is 1. The van der Waals surface area contributed by atoms with E-state index in [4.69, 9.17) is 14.2 Å². The number of carbonyl (C=O) groups is 1. The smallest absolute Gasteiger partial charge is 0.251 e. The maximum Gasteiger partial charge on any atom is 0.251 e. The molecule has 5 nitrogen and oxygen atoms in total. The number of nitrogens with one attached hydrogen (secondary N) is 1. The number of methoxy groups -OCH3 is 1. The molecule has 1 atom stereocenters. The lowest BCUT2D eigenvalue weighted by Gasteiger charge is -2.12. The van der Waals surface area contributed by atoms with Gasteiger partial charge in [0, 0.05) is 18.7 Å². The van der Waals surface area contributed by atoms with E-state index in [0.717, 1.165) is 36.5 Å². The molecular formula is C20H23NO4. The summed E-state index contributed by atoms with van der Waals surface area (Å²) in [5, 5.41) is 2.91. The van der Waals surface area contributed by atoms with Crippen molar-refractivity contribution in [2.24, 2.45) is 0 Å². The molecule has 132 valence electrons. The van der Waals surface area contributed by atoms with Gasteiger partial charge in [0.2, 0.25) is 0 Å². The summed E-state index contributed by atoms with van der Waals surface area (Å²) in [7, 11) is 1.63. The van der Waals surface area contributed by atoms with Gasteiger partial charge in [-0.1, -0.05) is 12.1 Å². The van der Waals surface area contributed by atoms with Crippen LogP contribution in [-0.2, 0) is 11.3 Å². The largest absolute Gasteiger partial charge is 0.497 e. The third kappa shape index (κ3) is 4.97. The Morgan fingerprint density at radius 1 is 1.12 bits per heavy atom. The maximum absolute atomic E-state index is 12.2. The molecule has 1 aliphatic heterocycles. The van der Waals surface area contributed by atoms with Gasteiger partial charge in [-0.25, -0.2) is 0 Å². The fraction of sp³-hybridized carbons (Fsp3) is 0.350. The molecule has 0 aliphatic carbocycles. The lowest BCUT2D eigenvalue weighted by molar-refractivity contribution is 0.0679. The zero-order valence-corrected chi connectivity index (χ0v) is 14.4. The Kier molecular flexibility index (Phi) is 5.90. The molecule has 0 unspecified atom stereocenters. The van der Waals surface area contributed by atoms with E-state index in [2.05, 4.69) is 5.32 Å². The molecule has 2 aromatic carbocycles. The van der Waals surface area contributed by atoms with Crippen molar-refractivity contribution in [2.75, 3.05) is 20.3 Å². The lowest BCUT2D eigenvalue weighted by Crippen LogP contribution is -2.22. The Hall–Kier alpha value is -2.53. The molecular weight excluding hydrogens is 318 g/mol. The van der Waals surface area contributed by atoms with Crippen LogP contribution in [0.1, 0.15) is 28.8 Å². The summed E-state index contributed by atoms with van der Waals surface area (Å²) < 4.78 is 16.4. The molecule has 1 amide bonds. The second kappa shape index (κ2) is 8.53. The van der Waals surface area contributed by atoms with Crippen LogP contribution in [0.2, 0.25) is 0 Å². The molecule has 1 N–H and O–H groups in total. The highest BCUT2D eigenvalue weighted by atomic mass is 16.5. The van der Waals surface area contributed by atoms with Crippen molar-refractivity contribution < 1.29 is 19.0 Å². The minimum atomic E-state index is -0.110. The maximum atomic E-state index is 12.2. The fourth-order valence-corrected chi connectivity index (χ4v) is 2.70. The van der Waals surface area contributed by atoms with E-state index in [9.17, 15) is 4.79 Å². The van der Waals surface area contributed by atoms with Crippen molar-refractivity contribution >= 4 is 5.91 Å². The summed E-state index contributed by atoms with van der Waals surface area (Å²) in [5.41, 5.74) is 1.63. The van der Waals surface area contributed by atoms with Crippen LogP contribution >= 0.6 is 0 Å². The molecule has 0 saturated carbocycles. The van der Waals surface area contributed by atoms with Gasteiger partial charge >= 0.3 is 0 Å². The molecule has 0 spiro atoms. The first-order valence-electron chi connectivity index (χ1n) is 8.50. The summed E-state index contributed by atoms with van der Waals surface area (Å²) in [6.07, 6.45) is 2.33. The molecule has 3 rings (SSSR count). The van der Waals surface area contributed by atoms with E-state index < -0.39 is 0 Å². The van der Waals surface area contributed by atoms with Crippen molar-refractivity contribution in [2.45, 2.75) is 25.5 Å². The van der Waals surface area contributed by atoms with Crippen LogP contribution in [-0.4, -0.2) is 32.3 Å². The molecule has 0 radical (unpaired) electrons. The standard InChI is InChI=1S/C20H23NO4/c1-23-17-8-4-15(5-9-17)13-21-20(22)16-6-10-18(11-7-16)25-14-19-3-2-12-24-19/h4-11,19H,2-3,12-14H2,1H3,(H,21,22)/t19-/m0/s1. The molecule has 5 heteroatoms. The van der Waals surface area contributed by atoms with Crippen molar-refractivity contribution in [3.05, 3.63) is 59.7 Å². The van der Waals surface area contributed by atoms with Gasteiger partial charge in [-0.15, -0.1) is 0 Å². The first-order chi connectivity index (χ1) is 12.2. The van der Waals surface area contributed by atoms with Crippen LogP contribution in [0.15, 0.2) is 48.5 Å². The van der Waals surface area contributed by atoms with Gasteiger partial charge in [-0.05, 0) is 54.8 Å². The van der Waals surface area contributed by atoms with Crippen molar-refractivity contribution in [1.82, 2.24) is 5.32 Å². The van der Waals surface area contributed by atoms with E-state index in [-0.39, 0.29) is 12.0 Å². The first kappa shape index (κ1) is 17.3. The Bertz CT molecular complexity index is 676. The Labute approximate surface area is 147 Å². The molecule has 1 fully saturated rings. The van der Waals surface area contributed by atoms with Gasteiger partial charge in [0.25, 0.3) is 5.91 Å². The third-order valence-corrected chi connectivity index (χ3v) is 4.19. The van der Waals surface area contributed by atoms with Crippen LogP contribution in [0.25, 0.3) is 0 Å². The van der Waals surface area contributed by atoms with Gasteiger partial charge in [0.15, 0.2) is 0 Å². The molecule has 25 heavy (non-hydrogen) atoms. The predicted octanol–water partition coefficient (Wildman–Crippen LogP) is 3.18. The van der Waals surface area contributed by atoms with E-state index in [1.165, 1.54) is 0 Å². The van der Waals surface area contributed by atoms with Gasteiger partial charge < -0.3 is 19.5 Å². The molecule has 0 bridgehead atoms. The monoisotopic (exact) mass is 341 g/mol. The van der Waals surface area contributed by atoms with Gasteiger partial charge in [0.1, 0.15) is 18.1 Å². The van der Waals surface area contributed by atoms with Crippen LogP contribution in [0.3, 0.4) is 0 Å². The minimum absolute atomic E-state index is 0.110. The molecule has 1 saturated heterocycles. The van der Waals surface area contributed by atoms with Crippen molar-refractivity contribution in [3.63, 3.8) is 0 Å². The average Bonchev–Trinajstić information content (AvgIpc) is 3.19. The second-order valence-corrected chi connectivity index (χ2v) is 6.00. The molecule has 1 heterocycles. The number of ether oxygens (including phenoxy) is 3. The summed E-state index contributed by atoms with van der Waals surface area (Å²) in [6.45, 7) is 1.85. The number of benzene rings is 2. The quantitative estimate of drug-likeness (QED) is 0.840. The van der Waals surface area contributed by atoms with E-state index in [1.807, 2.05) is 36.4 Å². The highest BCUT2D eigenvalue weighted by Crippen LogP contribution is 2.17. The Balaban J connectivity index is 1.47. The van der Waals surface area contributed by atoms with Crippen molar-refractivity contribution in [3.8, 4) is 11.5 Å². The van der Waals surface area contributed by atoms with Gasteiger partial charge in [-0.2, -0.15) is 0 Å². The number of rotatable bonds is 7. The zero-order valence-electron chi connectivity index (χ0n) is 14.4. The molecule has 2 aromatic rings. The number of amides is 1. The lowest BCUT2D eigenvalue weighted by atomic mass is 10.2. The topological polar surface area (TPSA) is 56.8 Å². The molecule has 1 aliphatic rings. The summed E-state index contributed by atoms with van der Waals surface area (Å²) in [4.78, 5) is 12.2. The first-order valence-corrected chi connectivity index (χ1v) is 8.50. The van der Waals surface area contributed by atoms with Crippen molar-refractivity contribution in [1.29, 1.82) is 0 Å². The molecule has 0 aromatic heterocycles. The van der Waals surface area contributed by atoms with E-state index >= 15 is 0 Å². The Morgan fingerprint density at radius 3 is 2.48 bits per heavy atom. The summed E-state index contributed by atoms with van der Waals surface area (Å²) >= 11 is 0. The van der Waals surface area contributed by atoms with Crippen LogP contribution in [0, 0.1) is 0 Å². The third-order valence-electron chi connectivity index (χ3n) is 4.19. The zero-order chi connectivity index (χ0) is 17.5. The van der Waals surface area contributed by atoms with Gasteiger partial charge in [0.05, 0.1) is 13.2 Å². The van der Waals surface area contributed by atoms with Crippen LogP contribution in [0.5, 0.6) is 11.5 Å². The van der Waals surface area contributed by atoms with Gasteiger partial charge in [-0.3, -0.25) is 4.79 Å². The highest BCUT2D eigenvalue weighted by molar-refractivity contribution is 5.94. The van der Waals surface area contributed by atoms with Crippen LogP contribution in [0.4, 0.5) is 0 Å². The minimum Gasteiger partial charge on any atom is -0.497 e. The number of hydrogen-bond acceptors (Lipinski definition) is 4. The van der Waals surface area contributed by atoms with E-state index in [1.54, 1.807) is 19.2 Å². The summed E-state index contributed by atoms with van der Waals surface area (Å²) in [6, 6.07) is 14.8. The Morgan fingerprint density at radius 2 is 1.84 bits per heavy atom. The fourth-order valence-electron chi connectivity index (χ4n) is 2.70. The summed E-state index contributed by atoms with van der Waals surface area (Å²) in [5.74, 6) is 1.44. The predicted molar refractivity (Wildman–Crippen MR) is 95.1 cm³/mol. The highest BCUT2D eigenvalue weighted by Gasteiger charge is 2.16.